The third-order valence-corrected chi connectivity index (χ3v) is 3.75. The summed E-state index contributed by atoms with van der Waals surface area (Å²) < 4.78 is 3.07. The standard InChI is InChI=1S/C14H15ClN4O2/c15-11-4-1-9(7-12(11)16)17-13(20)8-18-5-6-19(14(18)21)10-2-3-10/h1,4-7,10H,2-3,8,16H2,(H,17,20). The maximum absolute atomic E-state index is 12.0. The van der Waals surface area contributed by atoms with Crippen molar-refractivity contribution in [2.75, 3.05) is 11.1 Å². The van der Waals surface area contributed by atoms with Crippen LogP contribution in [-0.2, 0) is 11.3 Å². The lowest BCUT2D eigenvalue weighted by Crippen LogP contribution is -2.28. The van der Waals surface area contributed by atoms with Gasteiger partial charge in [-0.05, 0) is 31.0 Å². The summed E-state index contributed by atoms with van der Waals surface area (Å²) in [5.74, 6) is -0.285. The van der Waals surface area contributed by atoms with E-state index in [1.807, 2.05) is 0 Å². The van der Waals surface area contributed by atoms with Crippen LogP contribution in [0.3, 0.4) is 0 Å². The smallest absolute Gasteiger partial charge is 0.328 e. The number of hydrogen-bond donors (Lipinski definition) is 2. The first-order valence-electron chi connectivity index (χ1n) is 6.67. The van der Waals surface area contributed by atoms with Crippen LogP contribution in [0.15, 0.2) is 35.4 Å². The maximum Gasteiger partial charge on any atom is 0.328 e. The number of hydrogen-bond acceptors (Lipinski definition) is 3. The molecule has 0 spiro atoms. The van der Waals surface area contributed by atoms with Gasteiger partial charge in [0.15, 0.2) is 0 Å². The van der Waals surface area contributed by atoms with Gasteiger partial charge in [0.1, 0.15) is 6.54 Å². The van der Waals surface area contributed by atoms with Crippen molar-refractivity contribution in [2.24, 2.45) is 0 Å². The Kier molecular flexibility index (Phi) is 3.47. The average molecular weight is 307 g/mol. The number of halogens is 1. The Bertz CT molecular complexity index is 746. The molecule has 3 N–H and O–H groups in total. The minimum atomic E-state index is -0.285. The van der Waals surface area contributed by atoms with Crippen molar-refractivity contribution in [3.05, 3.63) is 46.1 Å². The summed E-state index contributed by atoms with van der Waals surface area (Å²) >= 11 is 5.82. The molecule has 0 bridgehead atoms. The molecule has 21 heavy (non-hydrogen) atoms. The van der Waals surface area contributed by atoms with Gasteiger partial charge in [0.25, 0.3) is 0 Å². The van der Waals surface area contributed by atoms with Crippen molar-refractivity contribution in [3.8, 4) is 0 Å². The summed E-state index contributed by atoms with van der Waals surface area (Å²) in [4.78, 5) is 24.0. The van der Waals surface area contributed by atoms with E-state index >= 15 is 0 Å². The monoisotopic (exact) mass is 306 g/mol. The number of carbonyl (C=O) groups is 1. The topological polar surface area (TPSA) is 82.0 Å². The number of aromatic nitrogens is 2. The van der Waals surface area contributed by atoms with Crippen molar-refractivity contribution in [2.45, 2.75) is 25.4 Å². The molecular weight excluding hydrogens is 292 g/mol. The molecular formula is C14H15ClN4O2. The van der Waals surface area contributed by atoms with Gasteiger partial charge in [-0.2, -0.15) is 0 Å². The van der Waals surface area contributed by atoms with E-state index in [1.54, 1.807) is 35.2 Å². The van der Waals surface area contributed by atoms with Crippen LogP contribution >= 0.6 is 11.6 Å². The summed E-state index contributed by atoms with van der Waals surface area (Å²) in [6.45, 7) is -0.0267. The molecule has 1 aliphatic rings. The van der Waals surface area contributed by atoms with E-state index in [9.17, 15) is 9.59 Å². The van der Waals surface area contributed by atoms with E-state index in [1.165, 1.54) is 4.57 Å². The lowest BCUT2D eigenvalue weighted by atomic mass is 10.3. The molecule has 1 fully saturated rings. The Morgan fingerprint density at radius 1 is 1.38 bits per heavy atom. The van der Waals surface area contributed by atoms with E-state index in [2.05, 4.69) is 5.32 Å². The molecule has 3 rings (SSSR count). The van der Waals surface area contributed by atoms with Crippen LogP contribution in [0, 0.1) is 0 Å². The second-order valence-electron chi connectivity index (χ2n) is 5.13. The van der Waals surface area contributed by atoms with Crippen molar-refractivity contribution >= 4 is 28.9 Å². The zero-order valence-electron chi connectivity index (χ0n) is 11.3. The fraction of sp³-hybridized carbons (Fsp3) is 0.286. The van der Waals surface area contributed by atoms with Crippen molar-refractivity contribution in [1.29, 1.82) is 0 Å². The molecule has 0 aliphatic heterocycles. The number of rotatable bonds is 4. The van der Waals surface area contributed by atoms with Gasteiger partial charge in [0.05, 0.1) is 10.7 Å². The predicted octanol–water partition coefficient (Wildman–Crippen LogP) is 1.86. The Morgan fingerprint density at radius 3 is 2.81 bits per heavy atom. The van der Waals surface area contributed by atoms with Crippen LogP contribution < -0.4 is 16.7 Å². The van der Waals surface area contributed by atoms with E-state index in [0.717, 1.165) is 12.8 Å². The summed E-state index contributed by atoms with van der Waals surface area (Å²) in [5.41, 5.74) is 6.47. The zero-order chi connectivity index (χ0) is 15.0. The van der Waals surface area contributed by atoms with Gasteiger partial charge in [-0.15, -0.1) is 0 Å². The van der Waals surface area contributed by atoms with Gasteiger partial charge >= 0.3 is 5.69 Å². The first-order chi connectivity index (χ1) is 10.0. The highest BCUT2D eigenvalue weighted by molar-refractivity contribution is 6.33. The molecule has 1 amide bonds. The van der Waals surface area contributed by atoms with E-state index < -0.39 is 0 Å². The minimum absolute atomic E-state index is 0.0267. The third-order valence-electron chi connectivity index (χ3n) is 3.41. The largest absolute Gasteiger partial charge is 0.397 e. The lowest BCUT2D eigenvalue weighted by Gasteiger charge is -2.07. The Labute approximate surface area is 126 Å². The van der Waals surface area contributed by atoms with Crippen LogP contribution in [0.25, 0.3) is 0 Å². The molecule has 110 valence electrons. The molecule has 0 saturated heterocycles. The molecule has 0 unspecified atom stereocenters. The molecule has 6 nitrogen and oxygen atoms in total. The summed E-state index contributed by atoms with van der Waals surface area (Å²) in [5, 5.41) is 3.13. The Morgan fingerprint density at radius 2 is 2.14 bits per heavy atom. The van der Waals surface area contributed by atoms with Gasteiger partial charge in [-0.3, -0.25) is 13.9 Å². The number of imidazole rings is 1. The highest BCUT2D eigenvalue weighted by atomic mass is 35.5. The lowest BCUT2D eigenvalue weighted by molar-refractivity contribution is -0.116. The van der Waals surface area contributed by atoms with Crippen molar-refractivity contribution in [3.63, 3.8) is 0 Å². The number of carbonyl (C=O) groups excluding carboxylic acids is 1. The van der Waals surface area contributed by atoms with Crippen LogP contribution in [-0.4, -0.2) is 15.0 Å². The minimum Gasteiger partial charge on any atom is -0.397 e. The van der Waals surface area contributed by atoms with Gasteiger partial charge in [-0.25, -0.2) is 4.79 Å². The number of amides is 1. The van der Waals surface area contributed by atoms with Gasteiger partial charge < -0.3 is 11.1 Å². The third kappa shape index (κ3) is 2.95. The van der Waals surface area contributed by atoms with Crippen LogP contribution in [0.5, 0.6) is 0 Å². The Hall–Kier alpha value is -2.21. The molecule has 1 aliphatic carbocycles. The molecule has 1 aromatic carbocycles. The first kappa shape index (κ1) is 13.8. The normalized spacial score (nSPS) is 14.1. The molecule has 0 atom stereocenters. The molecule has 2 aromatic rings. The molecule has 0 radical (unpaired) electrons. The fourth-order valence-electron chi connectivity index (χ4n) is 2.16. The first-order valence-corrected chi connectivity index (χ1v) is 7.04. The van der Waals surface area contributed by atoms with Crippen LogP contribution in [0.4, 0.5) is 11.4 Å². The highest BCUT2D eigenvalue weighted by Gasteiger charge is 2.25. The van der Waals surface area contributed by atoms with Crippen molar-refractivity contribution < 1.29 is 4.79 Å². The molecule has 1 heterocycles. The number of anilines is 2. The SMILES string of the molecule is Nc1cc(NC(=O)Cn2ccn(C3CC3)c2=O)ccc1Cl. The molecule has 1 saturated carbocycles. The maximum atomic E-state index is 12.0. The number of nitrogen functional groups attached to an aromatic ring is 1. The second-order valence-corrected chi connectivity index (χ2v) is 5.54. The van der Waals surface area contributed by atoms with E-state index in [0.29, 0.717) is 22.4 Å². The highest BCUT2D eigenvalue weighted by Crippen LogP contribution is 2.33. The van der Waals surface area contributed by atoms with Crippen LogP contribution in [0.1, 0.15) is 18.9 Å². The number of nitrogens with one attached hydrogen (secondary N) is 1. The van der Waals surface area contributed by atoms with E-state index in [4.69, 9.17) is 17.3 Å². The average Bonchev–Trinajstić information content (AvgIpc) is 3.21. The second kappa shape index (κ2) is 5.29. The fourth-order valence-corrected chi connectivity index (χ4v) is 2.27. The van der Waals surface area contributed by atoms with Crippen molar-refractivity contribution in [1.82, 2.24) is 9.13 Å². The molecule has 1 aromatic heterocycles. The van der Waals surface area contributed by atoms with Gasteiger partial charge in [0, 0.05) is 24.1 Å². The van der Waals surface area contributed by atoms with Gasteiger partial charge in [0.2, 0.25) is 5.91 Å². The summed E-state index contributed by atoms with van der Waals surface area (Å²) in [6.07, 6.45) is 5.42. The quantitative estimate of drug-likeness (QED) is 0.846. The number of nitrogens with zero attached hydrogens (tertiary/aromatic N) is 2. The number of nitrogens with two attached hydrogens (primary N) is 1. The predicted molar refractivity (Wildman–Crippen MR) is 81.5 cm³/mol. The number of benzene rings is 1. The van der Waals surface area contributed by atoms with Crippen LogP contribution in [0.2, 0.25) is 5.02 Å². The summed E-state index contributed by atoms with van der Waals surface area (Å²) in [7, 11) is 0. The zero-order valence-corrected chi connectivity index (χ0v) is 12.0. The van der Waals surface area contributed by atoms with E-state index in [-0.39, 0.29) is 18.1 Å². The Balaban J connectivity index is 1.68. The molecule has 7 heteroatoms. The van der Waals surface area contributed by atoms with Gasteiger partial charge in [-0.1, -0.05) is 11.6 Å². The summed E-state index contributed by atoms with van der Waals surface area (Å²) in [6, 6.07) is 5.16.